The third-order valence-corrected chi connectivity index (χ3v) is 2.58. The van der Waals surface area contributed by atoms with E-state index in [9.17, 15) is 8.42 Å². The van der Waals surface area contributed by atoms with Gasteiger partial charge in [-0.25, -0.2) is 5.14 Å². The SMILES string of the molecule is NS(=O)(=O)Nc1ccc(Cl)cc1Br. The molecule has 0 aliphatic heterocycles. The summed E-state index contributed by atoms with van der Waals surface area (Å²) in [5.41, 5.74) is 0.354. The van der Waals surface area contributed by atoms with E-state index in [1.54, 1.807) is 12.1 Å². The summed E-state index contributed by atoms with van der Waals surface area (Å²) in [4.78, 5) is 0. The fourth-order valence-electron chi connectivity index (χ4n) is 0.726. The van der Waals surface area contributed by atoms with E-state index in [1.165, 1.54) is 6.07 Å². The molecular formula is C6H6BrClN2O2S. The smallest absolute Gasteiger partial charge is 0.270 e. The van der Waals surface area contributed by atoms with E-state index >= 15 is 0 Å². The summed E-state index contributed by atoms with van der Waals surface area (Å²) in [7, 11) is -3.74. The Balaban J connectivity index is 3.04. The summed E-state index contributed by atoms with van der Waals surface area (Å²) in [5, 5.41) is 5.29. The van der Waals surface area contributed by atoms with Crippen molar-refractivity contribution >= 4 is 43.4 Å². The van der Waals surface area contributed by atoms with Gasteiger partial charge in [-0.2, -0.15) is 8.42 Å². The Morgan fingerprint density at radius 3 is 2.54 bits per heavy atom. The van der Waals surface area contributed by atoms with E-state index in [0.29, 0.717) is 15.2 Å². The van der Waals surface area contributed by atoms with Gasteiger partial charge in [-0.15, -0.1) is 0 Å². The molecule has 0 aromatic heterocycles. The number of anilines is 1. The summed E-state index contributed by atoms with van der Waals surface area (Å²) >= 11 is 8.78. The number of hydrogen-bond donors (Lipinski definition) is 2. The first kappa shape index (κ1) is 10.8. The minimum Gasteiger partial charge on any atom is -0.270 e. The van der Waals surface area contributed by atoms with Crippen LogP contribution in [0.15, 0.2) is 22.7 Å². The van der Waals surface area contributed by atoms with Crippen LogP contribution in [0.2, 0.25) is 5.02 Å². The Bertz CT molecular complexity index is 421. The fourth-order valence-corrected chi connectivity index (χ4v) is 2.12. The molecule has 7 heteroatoms. The van der Waals surface area contributed by atoms with Gasteiger partial charge in [0.2, 0.25) is 0 Å². The molecule has 3 N–H and O–H groups in total. The zero-order chi connectivity index (χ0) is 10.1. The first-order chi connectivity index (χ1) is 5.88. The molecular weight excluding hydrogens is 280 g/mol. The summed E-state index contributed by atoms with van der Waals surface area (Å²) in [6, 6.07) is 4.63. The minimum absolute atomic E-state index is 0.354. The topological polar surface area (TPSA) is 72.2 Å². The van der Waals surface area contributed by atoms with Crippen molar-refractivity contribution in [3.63, 3.8) is 0 Å². The molecule has 4 nitrogen and oxygen atoms in total. The van der Waals surface area contributed by atoms with Crippen molar-refractivity contribution < 1.29 is 8.42 Å². The Kier molecular flexibility index (Phi) is 3.18. The second-order valence-corrected chi connectivity index (χ2v) is 4.86. The van der Waals surface area contributed by atoms with E-state index in [4.69, 9.17) is 16.7 Å². The van der Waals surface area contributed by atoms with Gasteiger partial charge >= 0.3 is 0 Å². The van der Waals surface area contributed by atoms with Gasteiger partial charge in [0.1, 0.15) is 0 Å². The van der Waals surface area contributed by atoms with Crippen LogP contribution in [0.1, 0.15) is 0 Å². The lowest BCUT2D eigenvalue weighted by Gasteiger charge is -2.05. The molecule has 1 aromatic rings. The molecule has 0 spiro atoms. The number of benzene rings is 1. The molecule has 13 heavy (non-hydrogen) atoms. The summed E-state index contributed by atoms with van der Waals surface area (Å²) in [5.74, 6) is 0. The van der Waals surface area contributed by atoms with E-state index in [1.807, 2.05) is 0 Å². The average molecular weight is 286 g/mol. The van der Waals surface area contributed by atoms with Crippen molar-refractivity contribution in [2.45, 2.75) is 0 Å². The third-order valence-electron chi connectivity index (χ3n) is 1.18. The van der Waals surface area contributed by atoms with E-state index in [2.05, 4.69) is 20.7 Å². The molecule has 0 saturated heterocycles. The average Bonchev–Trinajstić information content (AvgIpc) is 1.93. The van der Waals surface area contributed by atoms with Gasteiger partial charge in [-0.05, 0) is 34.1 Å². The molecule has 0 aliphatic carbocycles. The first-order valence-corrected chi connectivity index (χ1v) is 5.86. The molecule has 0 saturated carbocycles. The Hall–Kier alpha value is -0.300. The number of rotatable bonds is 2. The zero-order valence-corrected chi connectivity index (χ0v) is 9.45. The van der Waals surface area contributed by atoms with Crippen LogP contribution in [0.4, 0.5) is 5.69 Å². The molecule has 0 atom stereocenters. The van der Waals surface area contributed by atoms with Crippen molar-refractivity contribution in [1.29, 1.82) is 0 Å². The molecule has 0 unspecified atom stereocenters. The van der Waals surface area contributed by atoms with Gasteiger partial charge in [0.15, 0.2) is 0 Å². The van der Waals surface area contributed by atoms with Crippen molar-refractivity contribution in [3.8, 4) is 0 Å². The Morgan fingerprint density at radius 1 is 1.46 bits per heavy atom. The molecule has 0 fully saturated rings. The van der Waals surface area contributed by atoms with Gasteiger partial charge in [-0.1, -0.05) is 11.6 Å². The van der Waals surface area contributed by atoms with Crippen LogP contribution in [-0.2, 0) is 10.2 Å². The largest absolute Gasteiger partial charge is 0.296 e. The van der Waals surface area contributed by atoms with Crippen molar-refractivity contribution in [2.24, 2.45) is 5.14 Å². The zero-order valence-electron chi connectivity index (χ0n) is 6.29. The lowest BCUT2D eigenvalue weighted by Crippen LogP contribution is -2.21. The van der Waals surface area contributed by atoms with Crippen LogP contribution in [0.5, 0.6) is 0 Å². The van der Waals surface area contributed by atoms with E-state index < -0.39 is 10.2 Å². The lowest BCUT2D eigenvalue weighted by molar-refractivity contribution is 0.603. The first-order valence-electron chi connectivity index (χ1n) is 3.14. The van der Waals surface area contributed by atoms with Gasteiger partial charge in [0.05, 0.1) is 5.69 Å². The van der Waals surface area contributed by atoms with Crippen LogP contribution >= 0.6 is 27.5 Å². The Labute approximate surface area is 89.4 Å². The minimum atomic E-state index is -3.74. The van der Waals surface area contributed by atoms with Crippen molar-refractivity contribution in [2.75, 3.05) is 4.72 Å². The van der Waals surface area contributed by atoms with Crippen molar-refractivity contribution in [3.05, 3.63) is 27.7 Å². The van der Waals surface area contributed by atoms with Gasteiger partial charge in [0.25, 0.3) is 10.2 Å². The highest BCUT2D eigenvalue weighted by atomic mass is 79.9. The number of halogens is 2. The van der Waals surface area contributed by atoms with Crippen LogP contribution in [-0.4, -0.2) is 8.42 Å². The van der Waals surface area contributed by atoms with Crippen LogP contribution in [0, 0.1) is 0 Å². The monoisotopic (exact) mass is 284 g/mol. The van der Waals surface area contributed by atoms with Crippen LogP contribution in [0.25, 0.3) is 0 Å². The maximum atomic E-state index is 10.7. The maximum absolute atomic E-state index is 10.7. The molecule has 0 aliphatic rings. The van der Waals surface area contributed by atoms with E-state index in [-0.39, 0.29) is 0 Å². The molecule has 1 rings (SSSR count). The maximum Gasteiger partial charge on any atom is 0.296 e. The molecule has 0 heterocycles. The van der Waals surface area contributed by atoms with Crippen LogP contribution < -0.4 is 9.86 Å². The van der Waals surface area contributed by atoms with Gasteiger partial charge in [-0.3, -0.25) is 4.72 Å². The van der Waals surface area contributed by atoms with E-state index in [0.717, 1.165) is 0 Å². The molecule has 1 aromatic carbocycles. The van der Waals surface area contributed by atoms with Crippen LogP contribution in [0.3, 0.4) is 0 Å². The van der Waals surface area contributed by atoms with Gasteiger partial charge < -0.3 is 0 Å². The second-order valence-electron chi connectivity index (χ2n) is 2.27. The standard InChI is InChI=1S/C6H6BrClN2O2S/c7-5-3-4(8)1-2-6(5)10-13(9,11)12/h1-3,10H,(H2,9,11,12). The van der Waals surface area contributed by atoms with Crippen molar-refractivity contribution in [1.82, 2.24) is 0 Å². The predicted molar refractivity (Wildman–Crippen MR) is 55.9 cm³/mol. The highest BCUT2D eigenvalue weighted by Crippen LogP contribution is 2.26. The summed E-state index contributed by atoms with van der Waals surface area (Å²) in [6.07, 6.45) is 0. The number of nitrogens with one attached hydrogen (secondary N) is 1. The third kappa shape index (κ3) is 3.51. The number of nitrogens with two attached hydrogens (primary N) is 1. The highest BCUT2D eigenvalue weighted by Gasteiger charge is 2.05. The molecule has 0 amide bonds. The molecule has 0 bridgehead atoms. The lowest BCUT2D eigenvalue weighted by atomic mass is 10.3. The summed E-state index contributed by atoms with van der Waals surface area (Å²) in [6.45, 7) is 0. The Morgan fingerprint density at radius 2 is 2.08 bits per heavy atom. The van der Waals surface area contributed by atoms with Gasteiger partial charge in [0, 0.05) is 9.50 Å². The molecule has 0 radical (unpaired) electrons. The summed E-state index contributed by atoms with van der Waals surface area (Å²) < 4.78 is 24.0. The highest BCUT2D eigenvalue weighted by molar-refractivity contribution is 9.10. The predicted octanol–water partition coefficient (Wildman–Crippen LogP) is 1.72. The molecule has 72 valence electrons. The number of hydrogen-bond acceptors (Lipinski definition) is 2. The quantitative estimate of drug-likeness (QED) is 0.868. The second kappa shape index (κ2) is 3.83. The normalized spacial score (nSPS) is 11.3. The fraction of sp³-hybridized carbons (Fsp3) is 0.